The van der Waals surface area contributed by atoms with E-state index in [1.54, 1.807) is 12.1 Å². The second kappa shape index (κ2) is 6.75. The Hall–Kier alpha value is -3.47. The molecule has 0 radical (unpaired) electrons. The van der Waals surface area contributed by atoms with E-state index in [1.165, 1.54) is 6.07 Å². The van der Waals surface area contributed by atoms with Crippen molar-refractivity contribution in [2.45, 2.75) is 0 Å². The number of para-hydroxylation sites is 1. The highest BCUT2D eigenvalue weighted by Crippen LogP contribution is 2.26. The number of ether oxygens (including phenoxy) is 1. The maximum atomic E-state index is 11.3. The van der Waals surface area contributed by atoms with Gasteiger partial charge >= 0.3 is 5.97 Å². The summed E-state index contributed by atoms with van der Waals surface area (Å²) >= 11 is 0. The monoisotopic (exact) mass is 320 g/mol. The van der Waals surface area contributed by atoms with Crippen LogP contribution in [0.3, 0.4) is 0 Å². The molecule has 0 fully saturated rings. The average molecular weight is 320 g/mol. The molecule has 0 heterocycles. The molecule has 0 spiro atoms. The number of nitrogen functional groups attached to an aromatic ring is 1. The number of carboxylic acid groups (broad SMARTS) is 1. The van der Waals surface area contributed by atoms with Gasteiger partial charge in [0.2, 0.25) is 0 Å². The number of benzene rings is 3. The Kier molecular flexibility index (Phi) is 4.34. The molecular formula is C19H16N2O3. The number of carbonyl (C=O) groups is 1. The predicted octanol–water partition coefficient (Wildman–Crippen LogP) is 4.50. The lowest BCUT2D eigenvalue weighted by molar-refractivity contribution is 0.0698. The summed E-state index contributed by atoms with van der Waals surface area (Å²) in [5.41, 5.74) is 7.41. The molecule has 0 saturated heterocycles. The number of hydrogen-bond acceptors (Lipinski definition) is 4. The van der Waals surface area contributed by atoms with Crippen LogP contribution in [0.5, 0.6) is 11.5 Å². The van der Waals surface area contributed by atoms with Gasteiger partial charge in [-0.3, -0.25) is 0 Å². The number of nitrogens with two attached hydrogens (primary N) is 1. The summed E-state index contributed by atoms with van der Waals surface area (Å²) in [6.45, 7) is 0. The van der Waals surface area contributed by atoms with Gasteiger partial charge in [-0.1, -0.05) is 18.2 Å². The van der Waals surface area contributed by atoms with E-state index in [1.807, 2.05) is 54.6 Å². The minimum Gasteiger partial charge on any atom is -0.478 e. The van der Waals surface area contributed by atoms with Gasteiger partial charge in [0.25, 0.3) is 0 Å². The second-order valence-corrected chi connectivity index (χ2v) is 5.17. The smallest absolute Gasteiger partial charge is 0.337 e. The van der Waals surface area contributed by atoms with Crippen LogP contribution in [0.2, 0.25) is 0 Å². The SMILES string of the molecule is Nc1ccc(Nc2ccc(Oc3ccccc3)cc2)c(C(=O)O)c1. The fourth-order valence-corrected chi connectivity index (χ4v) is 2.23. The van der Waals surface area contributed by atoms with Crippen LogP contribution in [0.1, 0.15) is 10.4 Å². The summed E-state index contributed by atoms with van der Waals surface area (Å²) < 4.78 is 5.72. The minimum absolute atomic E-state index is 0.125. The lowest BCUT2D eigenvalue weighted by atomic mass is 10.1. The van der Waals surface area contributed by atoms with Crippen LogP contribution in [-0.4, -0.2) is 11.1 Å². The molecule has 0 saturated carbocycles. The molecule has 0 aliphatic carbocycles. The van der Waals surface area contributed by atoms with Crippen molar-refractivity contribution < 1.29 is 14.6 Å². The lowest BCUT2D eigenvalue weighted by Crippen LogP contribution is -2.03. The number of anilines is 3. The zero-order valence-corrected chi connectivity index (χ0v) is 12.8. The molecule has 24 heavy (non-hydrogen) atoms. The molecule has 0 unspecified atom stereocenters. The molecule has 120 valence electrons. The van der Waals surface area contributed by atoms with Gasteiger partial charge in [-0.15, -0.1) is 0 Å². The first kappa shape index (κ1) is 15.4. The molecule has 0 aromatic heterocycles. The highest BCUT2D eigenvalue weighted by molar-refractivity contribution is 5.96. The zero-order chi connectivity index (χ0) is 16.9. The van der Waals surface area contributed by atoms with Crippen LogP contribution in [0.15, 0.2) is 72.8 Å². The van der Waals surface area contributed by atoms with Crippen molar-refractivity contribution in [2.24, 2.45) is 0 Å². The van der Waals surface area contributed by atoms with Gasteiger partial charge in [-0.2, -0.15) is 0 Å². The van der Waals surface area contributed by atoms with E-state index >= 15 is 0 Å². The van der Waals surface area contributed by atoms with Crippen molar-refractivity contribution >= 4 is 23.0 Å². The summed E-state index contributed by atoms with van der Waals surface area (Å²) in [5.74, 6) is 0.418. The molecule has 0 atom stereocenters. The van der Waals surface area contributed by atoms with E-state index < -0.39 is 5.97 Å². The number of hydrogen-bond donors (Lipinski definition) is 3. The predicted molar refractivity (Wildman–Crippen MR) is 94.1 cm³/mol. The van der Waals surface area contributed by atoms with Gasteiger partial charge in [0.1, 0.15) is 11.5 Å². The van der Waals surface area contributed by atoms with Gasteiger partial charge in [0, 0.05) is 11.4 Å². The third kappa shape index (κ3) is 3.64. The molecule has 5 nitrogen and oxygen atoms in total. The molecule has 3 aromatic rings. The molecule has 4 N–H and O–H groups in total. The summed E-state index contributed by atoms with van der Waals surface area (Å²) in [6.07, 6.45) is 0. The topological polar surface area (TPSA) is 84.6 Å². The summed E-state index contributed by atoms with van der Waals surface area (Å²) in [5, 5.41) is 12.3. The number of nitrogens with one attached hydrogen (secondary N) is 1. The van der Waals surface area contributed by atoms with Crippen molar-refractivity contribution in [3.63, 3.8) is 0 Å². The van der Waals surface area contributed by atoms with Crippen molar-refractivity contribution in [3.05, 3.63) is 78.4 Å². The van der Waals surface area contributed by atoms with Crippen molar-refractivity contribution in [1.29, 1.82) is 0 Å². The average Bonchev–Trinajstić information content (AvgIpc) is 2.59. The quantitative estimate of drug-likeness (QED) is 0.603. The highest BCUT2D eigenvalue weighted by atomic mass is 16.5. The van der Waals surface area contributed by atoms with Crippen LogP contribution >= 0.6 is 0 Å². The Labute approximate surface area is 139 Å². The van der Waals surface area contributed by atoms with E-state index in [0.29, 0.717) is 17.1 Å². The fourth-order valence-electron chi connectivity index (χ4n) is 2.23. The van der Waals surface area contributed by atoms with Crippen LogP contribution in [0, 0.1) is 0 Å². The third-order valence-corrected chi connectivity index (χ3v) is 3.39. The zero-order valence-electron chi connectivity index (χ0n) is 12.8. The van der Waals surface area contributed by atoms with Crippen LogP contribution < -0.4 is 15.8 Å². The van der Waals surface area contributed by atoms with Crippen molar-refractivity contribution in [1.82, 2.24) is 0 Å². The van der Waals surface area contributed by atoms with E-state index in [4.69, 9.17) is 10.5 Å². The van der Waals surface area contributed by atoms with Gasteiger partial charge in [-0.25, -0.2) is 4.79 Å². The Morgan fingerprint density at radius 3 is 2.25 bits per heavy atom. The van der Waals surface area contributed by atoms with Gasteiger partial charge in [0.05, 0.1) is 11.3 Å². The lowest BCUT2D eigenvalue weighted by Gasteiger charge is -2.11. The van der Waals surface area contributed by atoms with E-state index in [-0.39, 0.29) is 5.56 Å². The molecule has 0 aliphatic rings. The number of rotatable bonds is 5. The van der Waals surface area contributed by atoms with Gasteiger partial charge in [0.15, 0.2) is 0 Å². The molecular weight excluding hydrogens is 304 g/mol. The maximum Gasteiger partial charge on any atom is 0.337 e. The first-order valence-corrected chi connectivity index (χ1v) is 7.34. The Bertz CT molecular complexity index is 846. The van der Waals surface area contributed by atoms with Crippen molar-refractivity contribution in [3.8, 4) is 11.5 Å². The standard InChI is InChI=1S/C19H16N2O3/c20-13-6-11-18(17(12-13)19(22)23)21-14-7-9-16(10-8-14)24-15-4-2-1-3-5-15/h1-12,21H,20H2,(H,22,23). The first-order valence-electron chi connectivity index (χ1n) is 7.34. The van der Waals surface area contributed by atoms with E-state index in [0.717, 1.165) is 11.4 Å². The molecule has 0 amide bonds. The Balaban J connectivity index is 1.76. The van der Waals surface area contributed by atoms with Crippen LogP contribution in [0.25, 0.3) is 0 Å². The molecule has 3 rings (SSSR count). The normalized spacial score (nSPS) is 10.2. The number of aromatic carboxylic acids is 1. The summed E-state index contributed by atoms with van der Waals surface area (Å²) in [6, 6.07) is 21.5. The summed E-state index contributed by atoms with van der Waals surface area (Å²) in [4.78, 5) is 11.3. The molecule has 3 aromatic carbocycles. The minimum atomic E-state index is -1.03. The third-order valence-electron chi connectivity index (χ3n) is 3.39. The van der Waals surface area contributed by atoms with E-state index in [2.05, 4.69) is 5.32 Å². The fraction of sp³-hybridized carbons (Fsp3) is 0. The maximum absolute atomic E-state index is 11.3. The largest absolute Gasteiger partial charge is 0.478 e. The molecule has 5 heteroatoms. The van der Waals surface area contributed by atoms with E-state index in [9.17, 15) is 9.90 Å². The van der Waals surface area contributed by atoms with Crippen LogP contribution in [-0.2, 0) is 0 Å². The van der Waals surface area contributed by atoms with Gasteiger partial charge in [-0.05, 0) is 54.6 Å². The first-order chi connectivity index (χ1) is 11.6. The number of carboxylic acids is 1. The molecule has 0 aliphatic heterocycles. The van der Waals surface area contributed by atoms with Crippen LogP contribution in [0.4, 0.5) is 17.1 Å². The summed E-state index contributed by atoms with van der Waals surface area (Å²) in [7, 11) is 0. The second-order valence-electron chi connectivity index (χ2n) is 5.17. The Morgan fingerprint density at radius 1 is 0.917 bits per heavy atom. The highest BCUT2D eigenvalue weighted by Gasteiger charge is 2.10. The Morgan fingerprint density at radius 2 is 1.58 bits per heavy atom. The van der Waals surface area contributed by atoms with Gasteiger partial charge < -0.3 is 20.9 Å². The molecule has 0 bridgehead atoms. The van der Waals surface area contributed by atoms with Crippen molar-refractivity contribution in [2.75, 3.05) is 11.1 Å².